The van der Waals surface area contributed by atoms with Crippen molar-refractivity contribution < 1.29 is 4.39 Å². The highest BCUT2D eigenvalue weighted by Crippen LogP contribution is 2.48. The summed E-state index contributed by atoms with van der Waals surface area (Å²) in [6.07, 6.45) is 6.09. The number of halogens is 1. The van der Waals surface area contributed by atoms with E-state index in [4.69, 9.17) is 4.99 Å². The predicted octanol–water partition coefficient (Wildman–Crippen LogP) is 3.48. The Bertz CT molecular complexity index is 826. The number of pyridine rings is 1. The molecule has 1 aliphatic heterocycles. The second-order valence-corrected chi connectivity index (χ2v) is 8.08. The Hall–Kier alpha value is -2.63. The van der Waals surface area contributed by atoms with Crippen LogP contribution < -0.4 is 15.5 Å². The van der Waals surface area contributed by atoms with Gasteiger partial charge in [0, 0.05) is 37.3 Å². The maximum Gasteiger partial charge on any atom is 0.191 e. The minimum Gasteiger partial charge on any atom is -0.357 e. The number of rotatable bonds is 6. The summed E-state index contributed by atoms with van der Waals surface area (Å²) >= 11 is 0. The van der Waals surface area contributed by atoms with E-state index in [0.717, 1.165) is 62.7 Å². The number of aromatic nitrogens is 1. The van der Waals surface area contributed by atoms with Gasteiger partial charge in [-0.1, -0.05) is 18.2 Å². The van der Waals surface area contributed by atoms with Crippen molar-refractivity contribution in [1.82, 2.24) is 15.6 Å². The highest BCUT2D eigenvalue weighted by atomic mass is 19.1. The first kappa shape index (κ1) is 19.7. The van der Waals surface area contributed by atoms with Crippen molar-refractivity contribution >= 4 is 11.8 Å². The van der Waals surface area contributed by atoms with Gasteiger partial charge in [0.2, 0.25) is 0 Å². The lowest BCUT2D eigenvalue weighted by Gasteiger charge is -2.33. The molecule has 0 unspecified atom stereocenters. The number of guanidine groups is 1. The van der Waals surface area contributed by atoms with Gasteiger partial charge in [-0.15, -0.1) is 0 Å². The molecule has 5 nitrogen and oxygen atoms in total. The molecule has 0 spiro atoms. The van der Waals surface area contributed by atoms with Crippen LogP contribution in [-0.2, 0) is 5.41 Å². The molecule has 2 aromatic rings. The van der Waals surface area contributed by atoms with Crippen molar-refractivity contribution in [2.75, 3.05) is 31.1 Å². The molecule has 2 fully saturated rings. The third-order valence-electron chi connectivity index (χ3n) is 5.98. The lowest BCUT2D eigenvalue weighted by atomic mass is 9.96. The summed E-state index contributed by atoms with van der Waals surface area (Å²) in [6.45, 7) is 5.58. The lowest BCUT2D eigenvalue weighted by molar-refractivity contribution is 0.459. The van der Waals surface area contributed by atoms with Crippen LogP contribution in [0.25, 0.3) is 0 Å². The Kier molecular flexibility index (Phi) is 5.97. The molecule has 2 N–H and O–H groups in total. The van der Waals surface area contributed by atoms with Gasteiger partial charge in [0.25, 0.3) is 0 Å². The van der Waals surface area contributed by atoms with Gasteiger partial charge in [-0.2, -0.15) is 0 Å². The maximum atomic E-state index is 13.6. The average molecular weight is 396 g/mol. The summed E-state index contributed by atoms with van der Waals surface area (Å²) in [5.41, 5.74) is 1.08. The van der Waals surface area contributed by atoms with Gasteiger partial charge in [-0.05, 0) is 62.4 Å². The van der Waals surface area contributed by atoms with Crippen LogP contribution in [0.4, 0.5) is 10.2 Å². The van der Waals surface area contributed by atoms with E-state index in [9.17, 15) is 4.39 Å². The smallest absolute Gasteiger partial charge is 0.191 e. The van der Waals surface area contributed by atoms with E-state index < -0.39 is 0 Å². The van der Waals surface area contributed by atoms with E-state index in [1.165, 1.54) is 6.07 Å². The molecule has 2 heterocycles. The van der Waals surface area contributed by atoms with Gasteiger partial charge in [-0.25, -0.2) is 9.37 Å². The lowest BCUT2D eigenvalue weighted by Crippen LogP contribution is -2.49. The van der Waals surface area contributed by atoms with Crippen molar-refractivity contribution in [3.63, 3.8) is 0 Å². The topological polar surface area (TPSA) is 52.6 Å². The molecular weight excluding hydrogens is 365 g/mol. The highest BCUT2D eigenvalue weighted by molar-refractivity contribution is 5.80. The van der Waals surface area contributed by atoms with Gasteiger partial charge in [0.05, 0.1) is 6.54 Å². The largest absolute Gasteiger partial charge is 0.357 e. The minimum absolute atomic E-state index is 0.00674. The zero-order valence-electron chi connectivity index (χ0n) is 17.1. The molecule has 0 bridgehead atoms. The van der Waals surface area contributed by atoms with E-state index in [1.54, 1.807) is 12.1 Å². The maximum absolute atomic E-state index is 13.6. The van der Waals surface area contributed by atoms with Crippen molar-refractivity contribution in [3.05, 3.63) is 60.0 Å². The fraction of sp³-hybridized carbons (Fsp3) is 0.478. The molecule has 29 heavy (non-hydrogen) atoms. The summed E-state index contributed by atoms with van der Waals surface area (Å²) in [4.78, 5) is 11.7. The number of hydrogen-bond acceptors (Lipinski definition) is 3. The molecule has 1 aliphatic carbocycles. The Morgan fingerprint density at radius 2 is 2.03 bits per heavy atom. The predicted molar refractivity (Wildman–Crippen MR) is 116 cm³/mol. The number of aliphatic imine (C=N–C) groups is 1. The quantitative estimate of drug-likeness (QED) is 0.581. The first-order valence-corrected chi connectivity index (χ1v) is 10.7. The number of hydrogen-bond donors (Lipinski definition) is 2. The van der Waals surface area contributed by atoms with E-state index in [-0.39, 0.29) is 11.2 Å². The zero-order chi connectivity index (χ0) is 20.1. The zero-order valence-corrected chi connectivity index (χ0v) is 17.1. The second-order valence-electron chi connectivity index (χ2n) is 8.08. The van der Waals surface area contributed by atoms with E-state index in [2.05, 4.69) is 33.5 Å². The molecule has 0 amide bonds. The molecule has 154 valence electrons. The van der Waals surface area contributed by atoms with Gasteiger partial charge >= 0.3 is 0 Å². The second kappa shape index (κ2) is 8.80. The van der Waals surface area contributed by atoms with Crippen LogP contribution in [0, 0.1) is 5.82 Å². The molecule has 2 aliphatic rings. The van der Waals surface area contributed by atoms with Gasteiger partial charge < -0.3 is 15.5 Å². The van der Waals surface area contributed by atoms with Crippen LogP contribution in [0.5, 0.6) is 0 Å². The molecule has 1 aromatic carbocycles. The first-order chi connectivity index (χ1) is 14.2. The van der Waals surface area contributed by atoms with Crippen LogP contribution in [0.1, 0.15) is 38.2 Å². The third kappa shape index (κ3) is 4.86. The number of piperidine rings is 1. The fourth-order valence-electron chi connectivity index (χ4n) is 4.04. The van der Waals surface area contributed by atoms with Crippen molar-refractivity contribution in [3.8, 4) is 0 Å². The minimum atomic E-state index is -0.164. The molecule has 0 radical (unpaired) electrons. The van der Waals surface area contributed by atoms with Crippen LogP contribution >= 0.6 is 0 Å². The SMILES string of the molecule is CCNC(=NCC1(c2cccc(F)c2)CC1)NC1CCN(c2ccccn2)CC1. The summed E-state index contributed by atoms with van der Waals surface area (Å²) in [5, 5.41) is 6.98. The Labute approximate surface area is 172 Å². The number of nitrogens with zero attached hydrogens (tertiary/aromatic N) is 3. The summed E-state index contributed by atoms with van der Waals surface area (Å²) < 4.78 is 13.6. The number of benzene rings is 1. The van der Waals surface area contributed by atoms with Crippen LogP contribution in [0.2, 0.25) is 0 Å². The Balaban J connectivity index is 1.35. The third-order valence-corrected chi connectivity index (χ3v) is 5.98. The molecule has 1 saturated carbocycles. The van der Waals surface area contributed by atoms with Crippen LogP contribution in [0.15, 0.2) is 53.7 Å². The Morgan fingerprint density at radius 3 is 2.69 bits per heavy atom. The molecule has 1 saturated heterocycles. The van der Waals surface area contributed by atoms with Gasteiger partial charge in [0.1, 0.15) is 11.6 Å². The number of anilines is 1. The first-order valence-electron chi connectivity index (χ1n) is 10.7. The van der Waals surface area contributed by atoms with Crippen molar-refractivity contribution in [2.24, 2.45) is 4.99 Å². The summed E-state index contributed by atoms with van der Waals surface area (Å²) in [7, 11) is 0. The van der Waals surface area contributed by atoms with E-state index in [0.29, 0.717) is 12.6 Å². The normalized spacial score (nSPS) is 19.1. The molecule has 6 heteroatoms. The average Bonchev–Trinajstić information content (AvgIpc) is 3.55. The Morgan fingerprint density at radius 1 is 1.21 bits per heavy atom. The van der Waals surface area contributed by atoms with Crippen LogP contribution in [-0.4, -0.2) is 43.2 Å². The fourth-order valence-corrected chi connectivity index (χ4v) is 4.04. The molecule has 1 aromatic heterocycles. The van der Waals surface area contributed by atoms with Crippen molar-refractivity contribution in [2.45, 2.75) is 44.1 Å². The summed E-state index contributed by atoms with van der Waals surface area (Å²) in [5.74, 6) is 1.76. The van der Waals surface area contributed by atoms with Gasteiger partial charge in [-0.3, -0.25) is 4.99 Å². The molecular formula is C23H30FN5. The molecule has 0 atom stereocenters. The van der Waals surface area contributed by atoms with Crippen molar-refractivity contribution in [1.29, 1.82) is 0 Å². The van der Waals surface area contributed by atoms with E-state index in [1.807, 2.05) is 24.4 Å². The van der Waals surface area contributed by atoms with Gasteiger partial charge in [0.15, 0.2) is 5.96 Å². The number of nitrogens with one attached hydrogen (secondary N) is 2. The standard InChI is InChI=1S/C23H30FN5/c1-2-25-22(27-17-23(11-12-23)18-6-5-7-19(24)16-18)28-20-9-14-29(15-10-20)21-8-3-4-13-26-21/h3-8,13,16,20H,2,9-12,14-15,17H2,1H3,(H2,25,27,28). The van der Waals surface area contributed by atoms with E-state index >= 15 is 0 Å². The monoisotopic (exact) mass is 395 g/mol. The highest BCUT2D eigenvalue weighted by Gasteiger charge is 2.44. The van der Waals surface area contributed by atoms with Crippen LogP contribution in [0.3, 0.4) is 0 Å². The summed E-state index contributed by atoms with van der Waals surface area (Å²) in [6, 6.07) is 13.5. The molecule has 4 rings (SSSR count).